The molecule has 1 saturated carbocycles. The number of rotatable bonds is 12. The van der Waals surface area contributed by atoms with Gasteiger partial charge in [0.25, 0.3) is 0 Å². The molecule has 1 aromatic carbocycles. The SMILES string of the molecule is C=CCOc1ccccc1CN=C(NCC)NCCS(=O)(=O)NCC1CCC1.I. The van der Waals surface area contributed by atoms with Crippen molar-refractivity contribution in [2.24, 2.45) is 10.9 Å². The summed E-state index contributed by atoms with van der Waals surface area (Å²) in [7, 11) is -3.27. The first-order valence-corrected chi connectivity index (χ1v) is 11.5. The lowest BCUT2D eigenvalue weighted by Crippen LogP contribution is -2.42. The van der Waals surface area contributed by atoms with Crippen LogP contribution in [0.25, 0.3) is 0 Å². The second kappa shape index (κ2) is 13.8. The average Bonchev–Trinajstić information content (AvgIpc) is 2.63. The van der Waals surface area contributed by atoms with Crippen LogP contribution >= 0.6 is 24.0 Å². The number of nitrogens with one attached hydrogen (secondary N) is 3. The van der Waals surface area contributed by atoms with E-state index in [9.17, 15) is 8.42 Å². The highest BCUT2D eigenvalue weighted by molar-refractivity contribution is 14.0. The minimum absolute atomic E-state index is 0. The van der Waals surface area contributed by atoms with Gasteiger partial charge in [0.1, 0.15) is 12.4 Å². The average molecular weight is 536 g/mol. The topological polar surface area (TPSA) is 91.8 Å². The minimum atomic E-state index is -3.27. The highest BCUT2D eigenvalue weighted by Gasteiger charge is 2.20. The zero-order valence-electron chi connectivity index (χ0n) is 17.0. The van der Waals surface area contributed by atoms with Gasteiger partial charge in [0.15, 0.2) is 5.96 Å². The number of hydrogen-bond acceptors (Lipinski definition) is 4. The van der Waals surface area contributed by atoms with Gasteiger partial charge in [0.2, 0.25) is 10.0 Å². The van der Waals surface area contributed by atoms with Gasteiger partial charge >= 0.3 is 0 Å². The van der Waals surface area contributed by atoms with E-state index >= 15 is 0 Å². The van der Waals surface area contributed by atoms with E-state index in [2.05, 4.69) is 26.9 Å². The normalized spacial score (nSPS) is 14.4. The first-order chi connectivity index (χ1) is 13.5. The van der Waals surface area contributed by atoms with Crippen LogP contribution in [0, 0.1) is 5.92 Å². The Labute approximate surface area is 191 Å². The molecule has 0 bridgehead atoms. The number of sulfonamides is 1. The van der Waals surface area contributed by atoms with E-state index in [0.29, 0.717) is 44.7 Å². The van der Waals surface area contributed by atoms with Gasteiger partial charge in [-0.05, 0) is 31.7 Å². The third-order valence-corrected chi connectivity index (χ3v) is 5.91. The second-order valence-corrected chi connectivity index (χ2v) is 8.72. The Balaban J connectivity index is 0.00000420. The van der Waals surface area contributed by atoms with Crippen molar-refractivity contribution in [3.05, 3.63) is 42.5 Å². The summed E-state index contributed by atoms with van der Waals surface area (Å²) in [5, 5.41) is 6.22. The zero-order chi connectivity index (χ0) is 20.2. The molecule has 7 nitrogen and oxygen atoms in total. The van der Waals surface area contributed by atoms with Crippen molar-refractivity contribution in [3.63, 3.8) is 0 Å². The summed E-state index contributed by atoms with van der Waals surface area (Å²) in [5.41, 5.74) is 0.955. The van der Waals surface area contributed by atoms with Crippen LogP contribution < -0.4 is 20.1 Å². The van der Waals surface area contributed by atoms with Crippen molar-refractivity contribution in [2.75, 3.05) is 32.0 Å². The van der Waals surface area contributed by atoms with Crippen molar-refractivity contribution < 1.29 is 13.2 Å². The molecule has 0 atom stereocenters. The van der Waals surface area contributed by atoms with E-state index in [1.165, 1.54) is 6.42 Å². The van der Waals surface area contributed by atoms with Gasteiger partial charge in [-0.15, -0.1) is 24.0 Å². The van der Waals surface area contributed by atoms with Crippen LogP contribution in [0.3, 0.4) is 0 Å². The Hall–Kier alpha value is -1.33. The number of halogens is 1. The van der Waals surface area contributed by atoms with E-state index in [-0.39, 0.29) is 29.7 Å². The van der Waals surface area contributed by atoms with Crippen LogP contribution in [0.15, 0.2) is 41.9 Å². The summed E-state index contributed by atoms with van der Waals surface area (Å²) in [5.74, 6) is 1.87. The van der Waals surface area contributed by atoms with E-state index in [4.69, 9.17) is 4.74 Å². The largest absolute Gasteiger partial charge is 0.489 e. The summed E-state index contributed by atoms with van der Waals surface area (Å²) in [6.45, 7) is 8.02. The van der Waals surface area contributed by atoms with Gasteiger partial charge in [0.05, 0.1) is 12.3 Å². The predicted octanol–water partition coefficient (Wildman–Crippen LogP) is 2.64. The molecule has 0 amide bonds. The lowest BCUT2D eigenvalue weighted by Gasteiger charge is -2.25. The molecular formula is C20H33IN4O3S. The minimum Gasteiger partial charge on any atom is -0.489 e. The smallest absolute Gasteiger partial charge is 0.213 e. The number of para-hydroxylation sites is 1. The maximum Gasteiger partial charge on any atom is 0.213 e. The summed E-state index contributed by atoms with van der Waals surface area (Å²) >= 11 is 0. The lowest BCUT2D eigenvalue weighted by atomic mass is 9.86. The molecule has 0 aliphatic heterocycles. The molecule has 1 aliphatic rings. The fourth-order valence-corrected chi connectivity index (χ4v) is 3.75. The van der Waals surface area contributed by atoms with Crippen LogP contribution in [0.5, 0.6) is 5.75 Å². The van der Waals surface area contributed by atoms with Gasteiger partial charge in [-0.1, -0.05) is 37.3 Å². The van der Waals surface area contributed by atoms with Crippen molar-refractivity contribution in [1.82, 2.24) is 15.4 Å². The Morgan fingerprint density at radius 3 is 2.72 bits per heavy atom. The van der Waals surface area contributed by atoms with E-state index in [1.807, 2.05) is 31.2 Å². The number of hydrogen-bond donors (Lipinski definition) is 3. The van der Waals surface area contributed by atoms with Gasteiger partial charge in [0, 0.05) is 25.2 Å². The Kier molecular flexibility index (Phi) is 12.2. The van der Waals surface area contributed by atoms with E-state index in [0.717, 1.165) is 24.2 Å². The van der Waals surface area contributed by atoms with Gasteiger partial charge in [-0.25, -0.2) is 18.1 Å². The van der Waals surface area contributed by atoms with Crippen molar-refractivity contribution >= 4 is 40.0 Å². The molecule has 1 aromatic rings. The van der Waals surface area contributed by atoms with Gasteiger partial charge in [-0.2, -0.15) is 0 Å². The van der Waals surface area contributed by atoms with Gasteiger partial charge < -0.3 is 15.4 Å². The molecule has 29 heavy (non-hydrogen) atoms. The molecule has 0 heterocycles. The van der Waals surface area contributed by atoms with Crippen LogP contribution in [0.1, 0.15) is 31.7 Å². The first kappa shape index (κ1) is 25.7. The molecule has 0 unspecified atom stereocenters. The molecule has 2 rings (SSSR count). The van der Waals surface area contributed by atoms with Crippen molar-refractivity contribution in [2.45, 2.75) is 32.7 Å². The number of aliphatic imine (C=N–C) groups is 1. The molecule has 1 fully saturated rings. The Bertz CT molecular complexity index is 752. The van der Waals surface area contributed by atoms with Crippen LogP contribution in [-0.4, -0.2) is 46.4 Å². The highest BCUT2D eigenvalue weighted by atomic mass is 127. The molecule has 0 radical (unpaired) electrons. The maximum absolute atomic E-state index is 12.1. The van der Waals surface area contributed by atoms with Crippen LogP contribution in [0.4, 0.5) is 0 Å². The summed E-state index contributed by atoms with van der Waals surface area (Å²) in [6.07, 6.45) is 5.15. The fourth-order valence-electron chi connectivity index (χ4n) is 2.75. The molecule has 0 aromatic heterocycles. The van der Waals surface area contributed by atoms with E-state index < -0.39 is 10.0 Å². The van der Waals surface area contributed by atoms with Crippen LogP contribution in [0.2, 0.25) is 0 Å². The summed E-state index contributed by atoms with van der Waals surface area (Å²) in [4.78, 5) is 4.54. The fraction of sp³-hybridized carbons (Fsp3) is 0.550. The molecule has 0 saturated heterocycles. The highest BCUT2D eigenvalue weighted by Crippen LogP contribution is 2.25. The van der Waals surface area contributed by atoms with Gasteiger partial charge in [-0.3, -0.25) is 0 Å². The summed E-state index contributed by atoms with van der Waals surface area (Å²) < 4.78 is 32.6. The summed E-state index contributed by atoms with van der Waals surface area (Å²) in [6, 6.07) is 7.71. The quantitative estimate of drug-likeness (QED) is 0.165. The Morgan fingerprint density at radius 2 is 2.07 bits per heavy atom. The predicted molar refractivity (Wildman–Crippen MR) is 129 cm³/mol. The van der Waals surface area contributed by atoms with Crippen molar-refractivity contribution in [3.8, 4) is 5.75 Å². The number of ether oxygens (including phenoxy) is 1. The van der Waals surface area contributed by atoms with Crippen LogP contribution in [-0.2, 0) is 16.6 Å². The zero-order valence-corrected chi connectivity index (χ0v) is 20.2. The molecular weight excluding hydrogens is 503 g/mol. The molecule has 0 spiro atoms. The third-order valence-electron chi connectivity index (χ3n) is 4.56. The number of guanidine groups is 1. The van der Waals surface area contributed by atoms with E-state index in [1.54, 1.807) is 6.08 Å². The number of nitrogens with zero attached hydrogens (tertiary/aromatic N) is 1. The maximum atomic E-state index is 12.1. The monoisotopic (exact) mass is 536 g/mol. The molecule has 1 aliphatic carbocycles. The first-order valence-electron chi connectivity index (χ1n) is 9.85. The second-order valence-electron chi connectivity index (χ2n) is 6.79. The standard InChI is InChI=1S/C20H32N4O3S.HI/c1-3-13-27-19-11-6-5-10-18(19)16-23-20(21-4-2)22-12-14-28(25,26)24-15-17-8-7-9-17;/h3,5-6,10-11,17,24H,1,4,7-9,12-16H2,2H3,(H2,21,22,23);1H. The lowest BCUT2D eigenvalue weighted by molar-refractivity contribution is 0.316. The Morgan fingerprint density at radius 1 is 1.31 bits per heavy atom. The number of benzene rings is 1. The third kappa shape index (κ3) is 9.81. The van der Waals surface area contributed by atoms with Crippen molar-refractivity contribution in [1.29, 1.82) is 0 Å². The molecule has 9 heteroatoms. The molecule has 164 valence electrons. The molecule has 3 N–H and O–H groups in total.